The maximum absolute atomic E-state index is 10.6. The first kappa shape index (κ1) is 14.9. The van der Waals surface area contributed by atoms with E-state index in [9.17, 15) is 5.11 Å². The number of unbranched alkanes of at least 4 members (excludes halogenated alkanes) is 2. The standard InChI is InChI=1S/C21H24O/c1-4-5-6-7-16-12-17-11-15(3)18-9-8-14(2)10-19(18)21(17)20(22)13-16/h8-13,22H,4-7H2,1-3H3. The molecule has 0 aliphatic rings. The maximum Gasteiger partial charge on any atom is 0.124 e. The Balaban J connectivity index is 2.20. The fraction of sp³-hybridized carbons (Fsp3) is 0.333. The Morgan fingerprint density at radius 3 is 2.50 bits per heavy atom. The molecule has 0 aliphatic heterocycles. The van der Waals surface area contributed by atoms with Gasteiger partial charge in [-0.25, -0.2) is 0 Å². The second kappa shape index (κ2) is 6.00. The van der Waals surface area contributed by atoms with E-state index in [1.54, 1.807) is 0 Å². The van der Waals surface area contributed by atoms with Gasteiger partial charge in [0, 0.05) is 5.39 Å². The molecule has 0 radical (unpaired) electrons. The van der Waals surface area contributed by atoms with Gasteiger partial charge < -0.3 is 5.11 Å². The zero-order valence-electron chi connectivity index (χ0n) is 13.7. The summed E-state index contributed by atoms with van der Waals surface area (Å²) in [4.78, 5) is 0. The summed E-state index contributed by atoms with van der Waals surface area (Å²) in [6, 6.07) is 12.9. The molecule has 3 aromatic rings. The molecule has 0 saturated heterocycles. The molecule has 0 bridgehead atoms. The first-order valence-electron chi connectivity index (χ1n) is 8.25. The van der Waals surface area contributed by atoms with Crippen molar-refractivity contribution in [2.45, 2.75) is 46.5 Å². The Labute approximate surface area is 132 Å². The summed E-state index contributed by atoms with van der Waals surface area (Å²) in [6.45, 7) is 6.47. The maximum atomic E-state index is 10.6. The molecule has 0 spiro atoms. The smallest absolute Gasteiger partial charge is 0.124 e. The number of phenolic OH excluding ortho intramolecular Hbond substituents is 1. The predicted molar refractivity (Wildman–Crippen MR) is 95.8 cm³/mol. The summed E-state index contributed by atoms with van der Waals surface area (Å²) in [5.41, 5.74) is 3.74. The van der Waals surface area contributed by atoms with Crippen LogP contribution in [0.3, 0.4) is 0 Å². The number of hydrogen-bond donors (Lipinski definition) is 1. The minimum Gasteiger partial charge on any atom is -0.507 e. The molecule has 0 amide bonds. The highest BCUT2D eigenvalue weighted by molar-refractivity contribution is 6.12. The summed E-state index contributed by atoms with van der Waals surface area (Å²) in [7, 11) is 0. The molecule has 0 unspecified atom stereocenters. The lowest BCUT2D eigenvalue weighted by molar-refractivity contribution is 0.481. The average Bonchev–Trinajstić information content (AvgIpc) is 2.46. The van der Waals surface area contributed by atoms with Crippen LogP contribution in [0.2, 0.25) is 0 Å². The van der Waals surface area contributed by atoms with E-state index in [4.69, 9.17) is 0 Å². The van der Waals surface area contributed by atoms with Gasteiger partial charge in [0.05, 0.1) is 0 Å². The minimum atomic E-state index is 0.416. The minimum absolute atomic E-state index is 0.416. The van der Waals surface area contributed by atoms with Gasteiger partial charge in [-0.1, -0.05) is 55.7 Å². The molecule has 1 heteroatoms. The molecule has 22 heavy (non-hydrogen) atoms. The Bertz CT molecular complexity index is 830. The van der Waals surface area contributed by atoms with E-state index < -0.39 is 0 Å². The van der Waals surface area contributed by atoms with Gasteiger partial charge in [-0.3, -0.25) is 0 Å². The number of fused-ring (bicyclic) bond motifs is 3. The van der Waals surface area contributed by atoms with Crippen LogP contribution >= 0.6 is 0 Å². The summed E-state index contributed by atoms with van der Waals surface area (Å²) >= 11 is 0. The molecular weight excluding hydrogens is 268 g/mol. The lowest BCUT2D eigenvalue weighted by Gasteiger charge is -2.12. The lowest BCUT2D eigenvalue weighted by Crippen LogP contribution is -1.89. The number of aryl methyl sites for hydroxylation is 3. The Kier molecular flexibility index (Phi) is 4.06. The molecule has 0 saturated carbocycles. The van der Waals surface area contributed by atoms with E-state index >= 15 is 0 Å². The third-order valence-electron chi connectivity index (χ3n) is 4.52. The van der Waals surface area contributed by atoms with E-state index in [0.29, 0.717) is 5.75 Å². The quantitative estimate of drug-likeness (QED) is 0.458. The molecule has 0 atom stereocenters. The summed E-state index contributed by atoms with van der Waals surface area (Å²) < 4.78 is 0. The van der Waals surface area contributed by atoms with E-state index in [2.05, 4.69) is 51.1 Å². The Morgan fingerprint density at radius 2 is 1.73 bits per heavy atom. The van der Waals surface area contributed by atoms with Gasteiger partial charge in [-0.15, -0.1) is 0 Å². The Hall–Kier alpha value is -2.02. The first-order valence-corrected chi connectivity index (χ1v) is 8.25. The third-order valence-corrected chi connectivity index (χ3v) is 4.52. The highest BCUT2D eigenvalue weighted by Gasteiger charge is 2.10. The number of hydrogen-bond acceptors (Lipinski definition) is 1. The largest absolute Gasteiger partial charge is 0.507 e. The van der Waals surface area contributed by atoms with Gasteiger partial charge in [0.15, 0.2) is 0 Å². The van der Waals surface area contributed by atoms with E-state index in [-0.39, 0.29) is 0 Å². The molecule has 0 aliphatic carbocycles. The van der Waals surface area contributed by atoms with Gasteiger partial charge in [0.25, 0.3) is 0 Å². The van der Waals surface area contributed by atoms with E-state index in [1.807, 2.05) is 6.07 Å². The fourth-order valence-electron chi connectivity index (χ4n) is 3.36. The molecule has 0 heterocycles. The average molecular weight is 292 g/mol. The zero-order chi connectivity index (χ0) is 15.7. The van der Waals surface area contributed by atoms with Gasteiger partial charge >= 0.3 is 0 Å². The van der Waals surface area contributed by atoms with Crippen LogP contribution in [0.4, 0.5) is 0 Å². The number of phenols is 1. The van der Waals surface area contributed by atoms with Crippen molar-refractivity contribution in [1.82, 2.24) is 0 Å². The van der Waals surface area contributed by atoms with E-state index in [1.165, 1.54) is 41.3 Å². The highest BCUT2D eigenvalue weighted by atomic mass is 16.3. The topological polar surface area (TPSA) is 20.2 Å². The number of rotatable bonds is 4. The van der Waals surface area contributed by atoms with Crippen LogP contribution < -0.4 is 0 Å². The first-order chi connectivity index (χ1) is 10.6. The monoisotopic (exact) mass is 292 g/mol. The number of aromatic hydroxyl groups is 1. The van der Waals surface area contributed by atoms with Gasteiger partial charge in [-0.2, -0.15) is 0 Å². The van der Waals surface area contributed by atoms with Gasteiger partial charge in [0.2, 0.25) is 0 Å². The van der Waals surface area contributed by atoms with Crippen LogP contribution in [0.5, 0.6) is 5.75 Å². The van der Waals surface area contributed by atoms with Crippen molar-refractivity contribution in [2.24, 2.45) is 0 Å². The third kappa shape index (κ3) is 2.68. The molecule has 114 valence electrons. The van der Waals surface area contributed by atoms with Crippen molar-refractivity contribution < 1.29 is 5.11 Å². The van der Waals surface area contributed by atoms with Crippen LogP contribution in [-0.4, -0.2) is 5.11 Å². The van der Waals surface area contributed by atoms with Crippen LogP contribution in [0.15, 0.2) is 36.4 Å². The second-order valence-electron chi connectivity index (χ2n) is 6.41. The van der Waals surface area contributed by atoms with Crippen LogP contribution in [0, 0.1) is 13.8 Å². The van der Waals surface area contributed by atoms with Crippen molar-refractivity contribution >= 4 is 21.5 Å². The van der Waals surface area contributed by atoms with Crippen molar-refractivity contribution in [3.8, 4) is 5.75 Å². The second-order valence-corrected chi connectivity index (χ2v) is 6.41. The van der Waals surface area contributed by atoms with Crippen molar-refractivity contribution in [1.29, 1.82) is 0 Å². The zero-order valence-corrected chi connectivity index (χ0v) is 13.7. The van der Waals surface area contributed by atoms with Crippen LogP contribution in [0.25, 0.3) is 21.5 Å². The van der Waals surface area contributed by atoms with Crippen LogP contribution in [-0.2, 0) is 6.42 Å². The molecule has 1 N–H and O–H groups in total. The summed E-state index contributed by atoms with van der Waals surface area (Å²) in [5.74, 6) is 0.416. The Morgan fingerprint density at radius 1 is 0.909 bits per heavy atom. The lowest BCUT2D eigenvalue weighted by atomic mass is 9.94. The molecule has 0 fully saturated rings. The highest BCUT2D eigenvalue weighted by Crippen LogP contribution is 2.36. The summed E-state index contributed by atoms with van der Waals surface area (Å²) in [6.07, 6.45) is 4.70. The van der Waals surface area contributed by atoms with Crippen LogP contribution in [0.1, 0.15) is 42.9 Å². The fourth-order valence-corrected chi connectivity index (χ4v) is 3.36. The molecule has 3 rings (SSSR count). The molecule has 0 aromatic heterocycles. The molecular formula is C21H24O. The summed E-state index contributed by atoms with van der Waals surface area (Å²) in [5, 5.41) is 15.1. The SMILES string of the molecule is CCCCCc1cc(O)c2c(c1)cc(C)c1ccc(C)cc12. The molecule has 1 nitrogen and oxygen atoms in total. The van der Waals surface area contributed by atoms with E-state index in [0.717, 1.165) is 22.6 Å². The van der Waals surface area contributed by atoms with Gasteiger partial charge in [-0.05, 0) is 60.0 Å². The molecule has 3 aromatic carbocycles. The normalized spacial score (nSPS) is 11.4. The van der Waals surface area contributed by atoms with Crippen molar-refractivity contribution in [2.75, 3.05) is 0 Å². The van der Waals surface area contributed by atoms with Crippen molar-refractivity contribution in [3.63, 3.8) is 0 Å². The number of benzene rings is 3. The predicted octanol–water partition coefficient (Wildman–Crippen LogP) is 6.05. The van der Waals surface area contributed by atoms with Crippen molar-refractivity contribution in [3.05, 3.63) is 53.1 Å². The van der Waals surface area contributed by atoms with Gasteiger partial charge in [0.1, 0.15) is 5.75 Å².